The Balaban J connectivity index is 0.00000450. The van der Waals surface area contributed by atoms with Crippen molar-refractivity contribution < 1.29 is 9.53 Å². The van der Waals surface area contributed by atoms with Crippen molar-refractivity contribution >= 4 is 35.8 Å². The van der Waals surface area contributed by atoms with Gasteiger partial charge in [-0.25, -0.2) is 4.99 Å². The Morgan fingerprint density at radius 3 is 2.47 bits per heavy atom. The maximum Gasteiger partial charge on any atom is 0.241 e. The highest BCUT2D eigenvalue weighted by molar-refractivity contribution is 14.0. The fraction of sp³-hybridized carbons (Fsp3) is 0.636. The Bertz CT molecular complexity index is 621. The lowest BCUT2D eigenvalue weighted by molar-refractivity contribution is -0.119. The van der Waals surface area contributed by atoms with Crippen molar-refractivity contribution in [2.75, 3.05) is 52.5 Å². The van der Waals surface area contributed by atoms with E-state index in [4.69, 9.17) is 4.74 Å². The van der Waals surface area contributed by atoms with Gasteiger partial charge in [-0.15, -0.1) is 24.0 Å². The summed E-state index contributed by atoms with van der Waals surface area (Å²) in [5.41, 5.74) is 1.22. The maximum absolute atomic E-state index is 12.1. The first-order chi connectivity index (χ1) is 14.1. The van der Waals surface area contributed by atoms with Crippen molar-refractivity contribution in [2.24, 2.45) is 10.9 Å². The van der Waals surface area contributed by atoms with E-state index in [1.807, 2.05) is 25.1 Å². The molecule has 0 aromatic heterocycles. The molecule has 2 rings (SSSR count). The summed E-state index contributed by atoms with van der Waals surface area (Å²) in [6, 6.07) is 10.6. The molecule has 1 heterocycles. The minimum atomic E-state index is -0.0632. The van der Waals surface area contributed by atoms with Crippen LogP contribution in [-0.2, 0) is 16.0 Å². The first-order valence-corrected chi connectivity index (χ1v) is 10.7. The first kappa shape index (κ1) is 26.6. The molecule has 8 heteroatoms. The molecule has 1 aromatic carbocycles. The SMILES string of the molecule is CCNC(=NCC(=O)NCCc1ccccc1)NCC(C(C)C)N1CCOCC1.I. The molecule has 1 atom stereocenters. The molecule has 0 aliphatic carbocycles. The van der Waals surface area contributed by atoms with Crippen LogP contribution in [0.3, 0.4) is 0 Å². The lowest BCUT2D eigenvalue weighted by atomic mass is 10.0. The zero-order valence-electron chi connectivity index (χ0n) is 18.5. The third kappa shape index (κ3) is 10.1. The highest BCUT2D eigenvalue weighted by Crippen LogP contribution is 2.12. The number of morpholine rings is 1. The van der Waals surface area contributed by atoms with E-state index in [9.17, 15) is 4.79 Å². The first-order valence-electron chi connectivity index (χ1n) is 10.7. The molecular weight excluding hydrogens is 493 g/mol. The van der Waals surface area contributed by atoms with Gasteiger partial charge in [-0.05, 0) is 24.8 Å². The number of benzene rings is 1. The van der Waals surface area contributed by atoms with Crippen molar-refractivity contribution in [3.8, 4) is 0 Å². The third-order valence-electron chi connectivity index (χ3n) is 5.07. The maximum atomic E-state index is 12.1. The monoisotopic (exact) mass is 531 g/mol. The summed E-state index contributed by atoms with van der Waals surface area (Å²) in [6.45, 7) is 12.3. The Labute approximate surface area is 198 Å². The van der Waals surface area contributed by atoms with Crippen molar-refractivity contribution in [3.05, 3.63) is 35.9 Å². The fourth-order valence-electron chi connectivity index (χ4n) is 3.44. The number of guanidine groups is 1. The summed E-state index contributed by atoms with van der Waals surface area (Å²) in [6.07, 6.45) is 0.824. The molecule has 1 aromatic rings. The molecule has 1 amide bonds. The fourth-order valence-corrected chi connectivity index (χ4v) is 3.44. The van der Waals surface area contributed by atoms with Crippen LogP contribution in [0.5, 0.6) is 0 Å². The number of amides is 1. The molecule has 30 heavy (non-hydrogen) atoms. The normalized spacial score (nSPS) is 15.9. The van der Waals surface area contributed by atoms with Crippen LogP contribution in [0.15, 0.2) is 35.3 Å². The van der Waals surface area contributed by atoms with Gasteiger partial charge in [0.1, 0.15) is 6.54 Å². The van der Waals surface area contributed by atoms with Crippen LogP contribution in [0.2, 0.25) is 0 Å². The highest BCUT2D eigenvalue weighted by Gasteiger charge is 2.23. The number of carbonyl (C=O) groups is 1. The summed E-state index contributed by atoms with van der Waals surface area (Å²) in [4.78, 5) is 19.1. The lowest BCUT2D eigenvalue weighted by Gasteiger charge is -2.37. The van der Waals surface area contributed by atoms with Gasteiger partial charge in [0.05, 0.1) is 13.2 Å². The van der Waals surface area contributed by atoms with Gasteiger partial charge in [-0.2, -0.15) is 0 Å². The second-order valence-corrected chi connectivity index (χ2v) is 7.62. The van der Waals surface area contributed by atoms with Crippen LogP contribution < -0.4 is 16.0 Å². The zero-order valence-corrected chi connectivity index (χ0v) is 20.9. The number of aliphatic imine (C=N–C) groups is 1. The Morgan fingerprint density at radius 1 is 1.13 bits per heavy atom. The number of carbonyl (C=O) groups excluding carboxylic acids is 1. The minimum Gasteiger partial charge on any atom is -0.379 e. The number of hydrogen-bond donors (Lipinski definition) is 3. The average molecular weight is 531 g/mol. The van der Waals surface area contributed by atoms with Crippen molar-refractivity contribution in [1.82, 2.24) is 20.9 Å². The number of nitrogens with one attached hydrogen (secondary N) is 3. The van der Waals surface area contributed by atoms with Gasteiger partial charge in [0.2, 0.25) is 5.91 Å². The summed E-state index contributed by atoms with van der Waals surface area (Å²) in [7, 11) is 0. The molecule has 0 bridgehead atoms. The van der Waals surface area contributed by atoms with E-state index in [2.05, 4.69) is 51.8 Å². The Hall–Kier alpha value is -1.39. The van der Waals surface area contributed by atoms with E-state index >= 15 is 0 Å². The summed E-state index contributed by atoms with van der Waals surface area (Å²) in [5, 5.41) is 9.59. The predicted molar refractivity (Wildman–Crippen MR) is 134 cm³/mol. The van der Waals surface area contributed by atoms with E-state index in [-0.39, 0.29) is 36.4 Å². The van der Waals surface area contributed by atoms with Crippen LogP contribution in [0.25, 0.3) is 0 Å². The second-order valence-electron chi connectivity index (χ2n) is 7.62. The topological polar surface area (TPSA) is 78.0 Å². The Kier molecular flexibility index (Phi) is 13.7. The molecule has 170 valence electrons. The van der Waals surface area contributed by atoms with E-state index in [1.165, 1.54) is 5.56 Å². The number of ether oxygens (including phenoxy) is 1. The summed E-state index contributed by atoms with van der Waals surface area (Å²) >= 11 is 0. The van der Waals surface area contributed by atoms with Gasteiger partial charge in [0, 0.05) is 38.8 Å². The van der Waals surface area contributed by atoms with Crippen molar-refractivity contribution in [1.29, 1.82) is 0 Å². The van der Waals surface area contributed by atoms with Crippen LogP contribution in [0.4, 0.5) is 0 Å². The molecule has 0 saturated carbocycles. The quantitative estimate of drug-likeness (QED) is 0.244. The Morgan fingerprint density at radius 2 is 1.83 bits per heavy atom. The molecule has 3 N–H and O–H groups in total. The molecule has 7 nitrogen and oxygen atoms in total. The van der Waals surface area contributed by atoms with E-state index < -0.39 is 0 Å². The number of halogens is 1. The van der Waals surface area contributed by atoms with Gasteiger partial charge in [0.25, 0.3) is 0 Å². The van der Waals surface area contributed by atoms with E-state index in [1.54, 1.807) is 0 Å². The molecular formula is C22H38IN5O2. The van der Waals surface area contributed by atoms with Crippen LogP contribution in [0, 0.1) is 5.92 Å². The number of rotatable bonds is 10. The van der Waals surface area contributed by atoms with Crippen LogP contribution >= 0.6 is 24.0 Å². The number of hydrogen-bond acceptors (Lipinski definition) is 4. The van der Waals surface area contributed by atoms with E-state index in [0.717, 1.165) is 45.8 Å². The van der Waals surface area contributed by atoms with Gasteiger partial charge in [-0.3, -0.25) is 9.69 Å². The summed E-state index contributed by atoms with van der Waals surface area (Å²) < 4.78 is 5.48. The van der Waals surface area contributed by atoms with Crippen molar-refractivity contribution in [2.45, 2.75) is 33.2 Å². The molecule has 0 spiro atoms. The highest BCUT2D eigenvalue weighted by atomic mass is 127. The molecule has 1 unspecified atom stereocenters. The van der Waals surface area contributed by atoms with Gasteiger partial charge < -0.3 is 20.7 Å². The molecule has 1 aliphatic heterocycles. The molecule has 0 radical (unpaired) electrons. The smallest absolute Gasteiger partial charge is 0.241 e. The lowest BCUT2D eigenvalue weighted by Crippen LogP contribution is -2.52. The largest absolute Gasteiger partial charge is 0.379 e. The summed E-state index contributed by atoms with van der Waals surface area (Å²) in [5.74, 6) is 1.14. The van der Waals surface area contributed by atoms with E-state index in [0.29, 0.717) is 24.5 Å². The third-order valence-corrected chi connectivity index (χ3v) is 5.07. The predicted octanol–water partition coefficient (Wildman–Crippen LogP) is 1.88. The van der Waals surface area contributed by atoms with Gasteiger partial charge in [0.15, 0.2) is 5.96 Å². The van der Waals surface area contributed by atoms with Gasteiger partial charge >= 0.3 is 0 Å². The van der Waals surface area contributed by atoms with Crippen LogP contribution in [-0.4, -0.2) is 75.3 Å². The standard InChI is InChI=1S/C22H37N5O2.HI/c1-4-23-22(25-16-20(18(2)3)27-12-14-29-15-13-27)26-17-21(28)24-11-10-19-8-6-5-7-9-19;/h5-9,18,20H,4,10-17H2,1-3H3,(H,24,28)(H2,23,25,26);1H. The number of nitrogens with zero attached hydrogens (tertiary/aromatic N) is 2. The van der Waals surface area contributed by atoms with Crippen LogP contribution in [0.1, 0.15) is 26.3 Å². The average Bonchev–Trinajstić information content (AvgIpc) is 2.73. The van der Waals surface area contributed by atoms with Gasteiger partial charge in [-0.1, -0.05) is 44.2 Å². The molecule has 1 fully saturated rings. The van der Waals surface area contributed by atoms with Crippen molar-refractivity contribution in [3.63, 3.8) is 0 Å². The second kappa shape index (κ2) is 15.4. The minimum absolute atomic E-state index is 0. The molecule has 1 saturated heterocycles. The zero-order chi connectivity index (χ0) is 20.9. The molecule has 1 aliphatic rings.